The lowest BCUT2D eigenvalue weighted by Crippen LogP contribution is -2.64. The zero-order chi connectivity index (χ0) is 52.5. The Labute approximate surface area is 397 Å². The van der Waals surface area contributed by atoms with Crippen molar-refractivity contribution in [2.45, 2.75) is 116 Å². The fourth-order valence-electron chi connectivity index (χ4n) is 7.33. The summed E-state index contributed by atoms with van der Waals surface area (Å²) in [5.74, 6) is -9.12. The summed E-state index contributed by atoms with van der Waals surface area (Å²) in [6.45, 7) is -5.85. The Kier molecular flexibility index (Phi) is 15.9. The number of alkyl halides is 10. The molecule has 26 heteroatoms. The van der Waals surface area contributed by atoms with E-state index in [0.29, 0.717) is 80.8 Å². The second-order valence-electron chi connectivity index (χ2n) is 18.7. The second kappa shape index (κ2) is 20.9. The van der Waals surface area contributed by atoms with E-state index in [4.69, 9.17) is 0 Å². The monoisotopic (exact) mass is 1020 g/mol. The maximum atomic E-state index is 16.0. The number of nitrogens with one attached hydrogen (secondary N) is 4. The number of aliphatic hydroxyl groups excluding tert-OH is 1. The number of nitrogens with zero attached hydrogens (tertiary/aromatic N) is 5. The highest BCUT2D eigenvalue weighted by molar-refractivity contribution is 5.91. The Bertz CT molecular complexity index is 2530. The van der Waals surface area contributed by atoms with Crippen LogP contribution in [0.5, 0.6) is 0 Å². The SMILES string of the molecule is CC(C)(C(NC(=O)C1CC1)C(=O)N[C@@H](Cc1ccc(-c2cnn(C(F)F)c2)cc1)[C@@H](O)CN(Cc1c(F)cc(-c2ccn(C(F)F)n2)cc1F)NC(=O)C(NC(=O)C1CC1)C(C)(C)C(F)(F)F)C(F)(F)F. The number of aliphatic hydroxyl groups is 1. The summed E-state index contributed by atoms with van der Waals surface area (Å²) in [4.78, 5) is 54.0. The van der Waals surface area contributed by atoms with E-state index in [2.05, 4.69) is 31.6 Å². The largest absolute Gasteiger partial charge is 0.396 e. The molecule has 5 N–H and O–H groups in total. The van der Waals surface area contributed by atoms with Crippen molar-refractivity contribution in [2.24, 2.45) is 22.7 Å². The molecule has 6 rings (SSSR count). The van der Waals surface area contributed by atoms with Crippen LogP contribution in [0.1, 0.15) is 77.6 Å². The first kappa shape index (κ1) is 54.2. The Morgan fingerprint density at radius 3 is 1.68 bits per heavy atom. The average molecular weight is 1020 g/mol. The van der Waals surface area contributed by atoms with Crippen molar-refractivity contribution in [3.05, 3.63) is 83.8 Å². The summed E-state index contributed by atoms with van der Waals surface area (Å²) in [6, 6.07) is 1.41. The first-order valence-electron chi connectivity index (χ1n) is 22.0. The number of rotatable bonds is 21. The highest BCUT2D eigenvalue weighted by Crippen LogP contribution is 2.43. The molecule has 2 aliphatic carbocycles. The summed E-state index contributed by atoms with van der Waals surface area (Å²) in [7, 11) is 0. The highest BCUT2D eigenvalue weighted by Gasteiger charge is 2.57. The number of amides is 4. The average Bonchev–Trinajstić information content (AvgIpc) is 4.21. The molecule has 2 aromatic carbocycles. The fourth-order valence-corrected chi connectivity index (χ4v) is 7.33. The maximum Gasteiger partial charge on any atom is 0.396 e. The van der Waals surface area contributed by atoms with Crippen LogP contribution in [0, 0.1) is 34.3 Å². The number of hydrogen-bond acceptors (Lipinski definition) is 8. The van der Waals surface area contributed by atoms with E-state index in [1.807, 2.05) is 0 Å². The fraction of sp³-hybridized carbons (Fsp3) is 0.511. The molecule has 14 nitrogen and oxygen atoms in total. The molecule has 2 aromatic heterocycles. The summed E-state index contributed by atoms with van der Waals surface area (Å²) < 4.78 is 173. The number of carbonyl (C=O) groups excluding carboxylic acids is 4. The molecule has 2 fully saturated rings. The molecular weight excluding hydrogens is 975 g/mol. The Balaban J connectivity index is 1.38. The zero-order valence-corrected chi connectivity index (χ0v) is 38.2. The Morgan fingerprint density at radius 1 is 0.718 bits per heavy atom. The van der Waals surface area contributed by atoms with Crippen molar-refractivity contribution < 1.29 is 77.0 Å². The van der Waals surface area contributed by atoms with Gasteiger partial charge >= 0.3 is 25.5 Å². The van der Waals surface area contributed by atoms with Crippen LogP contribution < -0.4 is 21.4 Å². The standard InChI is InChI=1S/C45H49F12N9O5/c1-42(2,44(52,53)54)34(60-36(68)24-9-10-24)38(70)59-32(15-22-5-7-23(8-6-22)27-18-58-66(19-27)41(50)51)33(67)21-64(63-39(71)35(43(3,4)45(55,56)57)61-37(69)25-11-12-25)20-28-29(46)16-26(17-30(28)47)31-13-14-65(62-31)40(48)49/h5-8,13-14,16-19,24-25,32-35,40-41,67H,9-12,15,20-21H2,1-4H3,(H,59,70)(H,60,68)(H,61,69)(H,63,71)/t32-,33-,34?,35?/m0/s1. The van der Waals surface area contributed by atoms with Gasteiger partial charge in [-0.15, -0.1) is 0 Å². The third-order valence-corrected chi connectivity index (χ3v) is 12.5. The molecule has 4 aromatic rings. The van der Waals surface area contributed by atoms with Crippen LogP contribution >= 0.6 is 0 Å². The number of hydrogen-bond donors (Lipinski definition) is 5. The quantitative estimate of drug-likeness (QED) is 0.0425. The van der Waals surface area contributed by atoms with Gasteiger partial charge in [-0.2, -0.15) is 54.1 Å². The molecule has 0 bridgehead atoms. The minimum atomic E-state index is -5.18. The van der Waals surface area contributed by atoms with Gasteiger partial charge in [-0.05, 0) is 89.1 Å². The van der Waals surface area contributed by atoms with E-state index in [0.717, 1.165) is 24.7 Å². The molecule has 2 unspecified atom stereocenters. The van der Waals surface area contributed by atoms with Crippen LogP contribution in [0.3, 0.4) is 0 Å². The van der Waals surface area contributed by atoms with Gasteiger partial charge in [0.25, 0.3) is 5.91 Å². The van der Waals surface area contributed by atoms with Crippen molar-refractivity contribution in [3.8, 4) is 22.4 Å². The smallest absolute Gasteiger partial charge is 0.390 e. The normalized spacial score (nSPS) is 16.5. The molecule has 2 heterocycles. The first-order chi connectivity index (χ1) is 33.0. The molecule has 4 amide bonds. The van der Waals surface area contributed by atoms with Gasteiger partial charge in [0, 0.05) is 54.0 Å². The van der Waals surface area contributed by atoms with E-state index >= 15 is 8.78 Å². The predicted molar refractivity (Wildman–Crippen MR) is 227 cm³/mol. The molecule has 4 atom stereocenters. The molecule has 0 aliphatic heterocycles. The van der Waals surface area contributed by atoms with Crippen molar-refractivity contribution >= 4 is 23.6 Å². The van der Waals surface area contributed by atoms with E-state index in [-0.39, 0.29) is 27.1 Å². The van der Waals surface area contributed by atoms with Crippen molar-refractivity contribution in [1.29, 1.82) is 0 Å². The summed E-state index contributed by atoms with van der Waals surface area (Å²) >= 11 is 0. The van der Waals surface area contributed by atoms with Crippen LogP contribution in [-0.4, -0.2) is 96.4 Å². The second-order valence-corrected chi connectivity index (χ2v) is 18.7. The van der Waals surface area contributed by atoms with Crippen molar-refractivity contribution in [2.75, 3.05) is 6.54 Å². The number of halogens is 12. The summed E-state index contributed by atoms with van der Waals surface area (Å²) in [5.41, 5.74) is -4.72. The number of carbonyl (C=O) groups is 4. The van der Waals surface area contributed by atoms with Crippen LogP contribution in [0.2, 0.25) is 0 Å². The van der Waals surface area contributed by atoms with Crippen LogP contribution in [0.4, 0.5) is 52.7 Å². The molecule has 71 heavy (non-hydrogen) atoms. The lowest BCUT2D eigenvalue weighted by molar-refractivity contribution is -0.222. The van der Waals surface area contributed by atoms with Crippen molar-refractivity contribution in [3.63, 3.8) is 0 Å². The van der Waals surface area contributed by atoms with E-state index < -0.39 is 133 Å². The molecule has 0 spiro atoms. The van der Waals surface area contributed by atoms with E-state index in [1.165, 1.54) is 24.3 Å². The van der Waals surface area contributed by atoms with Crippen LogP contribution in [-0.2, 0) is 32.1 Å². The molecule has 0 saturated heterocycles. The minimum Gasteiger partial charge on any atom is -0.390 e. The molecule has 2 saturated carbocycles. The summed E-state index contributed by atoms with van der Waals surface area (Å²) in [5, 5.41) is 26.2. The van der Waals surface area contributed by atoms with Gasteiger partial charge in [0.05, 0.1) is 34.9 Å². The van der Waals surface area contributed by atoms with Crippen LogP contribution in [0.15, 0.2) is 61.1 Å². The Hall–Kier alpha value is -6.18. The third kappa shape index (κ3) is 12.8. The topological polar surface area (TPSA) is 176 Å². The predicted octanol–water partition coefficient (Wildman–Crippen LogP) is 7.37. The van der Waals surface area contributed by atoms with Gasteiger partial charge in [0.15, 0.2) is 0 Å². The number of benzene rings is 2. The molecule has 388 valence electrons. The highest BCUT2D eigenvalue weighted by atomic mass is 19.4. The third-order valence-electron chi connectivity index (χ3n) is 12.5. The van der Waals surface area contributed by atoms with Gasteiger partial charge in [-0.3, -0.25) is 24.6 Å². The van der Waals surface area contributed by atoms with Gasteiger partial charge in [0.2, 0.25) is 17.7 Å². The maximum absolute atomic E-state index is 16.0. The van der Waals surface area contributed by atoms with E-state index in [9.17, 15) is 68.2 Å². The van der Waals surface area contributed by atoms with Gasteiger partial charge in [-0.25, -0.2) is 23.2 Å². The molecule has 0 radical (unpaired) electrons. The summed E-state index contributed by atoms with van der Waals surface area (Å²) in [6.07, 6.45) is -8.72. The first-order valence-corrected chi connectivity index (χ1v) is 22.0. The number of aromatic nitrogens is 4. The molecule has 2 aliphatic rings. The minimum absolute atomic E-state index is 0.195. The van der Waals surface area contributed by atoms with Gasteiger partial charge < -0.3 is 21.1 Å². The number of hydrazine groups is 1. The Morgan fingerprint density at radius 2 is 1.23 bits per heavy atom. The zero-order valence-electron chi connectivity index (χ0n) is 38.2. The van der Waals surface area contributed by atoms with Crippen LogP contribution in [0.25, 0.3) is 22.4 Å². The van der Waals surface area contributed by atoms with Gasteiger partial charge in [-0.1, -0.05) is 24.3 Å². The van der Waals surface area contributed by atoms with E-state index in [1.54, 1.807) is 0 Å². The lowest BCUT2D eigenvalue weighted by atomic mass is 9.82. The molecular formula is C45H49F12N9O5. The van der Waals surface area contributed by atoms with Gasteiger partial charge in [0.1, 0.15) is 23.7 Å². The lowest BCUT2D eigenvalue weighted by Gasteiger charge is -2.38. The van der Waals surface area contributed by atoms with Crippen molar-refractivity contribution in [1.82, 2.24) is 45.9 Å².